The highest BCUT2D eigenvalue weighted by Gasteiger charge is 2.33. The lowest BCUT2D eigenvalue weighted by Gasteiger charge is -2.27. The minimum Gasteiger partial charge on any atom is -0.480 e. The quantitative estimate of drug-likeness (QED) is 0.747. The van der Waals surface area contributed by atoms with Crippen LogP contribution in [0.4, 0.5) is 4.79 Å². The van der Waals surface area contributed by atoms with E-state index in [0.717, 1.165) is 32.2 Å². The molecule has 1 saturated carbocycles. The van der Waals surface area contributed by atoms with E-state index >= 15 is 0 Å². The van der Waals surface area contributed by atoms with Crippen LogP contribution in [0, 0.1) is 0 Å². The summed E-state index contributed by atoms with van der Waals surface area (Å²) in [6, 6.07) is 0.189. The van der Waals surface area contributed by atoms with Gasteiger partial charge in [0.25, 0.3) is 0 Å². The molecular formula is C11H20N2O3. The molecule has 1 fully saturated rings. The molecule has 16 heavy (non-hydrogen) atoms. The van der Waals surface area contributed by atoms with Crippen LogP contribution in [-0.2, 0) is 4.79 Å². The fourth-order valence-electron chi connectivity index (χ4n) is 1.64. The number of hydrogen-bond acceptors (Lipinski definition) is 2. The normalized spacial score (nSPS) is 14.6. The molecule has 0 aliphatic heterocycles. The van der Waals surface area contributed by atoms with Gasteiger partial charge in [-0.3, -0.25) is 4.79 Å². The fraction of sp³-hybridized carbons (Fsp3) is 0.818. The molecule has 92 valence electrons. The van der Waals surface area contributed by atoms with Gasteiger partial charge in [0.15, 0.2) is 0 Å². The Kier molecular flexibility index (Phi) is 4.58. The van der Waals surface area contributed by atoms with Crippen molar-refractivity contribution in [2.24, 2.45) is 0 Å². The highest BCUT2D eigenvalue weighted by molar-refractivity contribution is 5.80. The zero-order valence-corrected chi connectivity index (χ0v) is 9.98. The van der Waals surface area contributed by atoms with Gasteiger partial charge in [0.2, 0.25) is 0 Å². The lowest BCUT2D eigenvalue weighted by atomic mass is 10.3. The zero-order valence-electron chi connectivity index (χ0n) is 9.98. The molecule has 0 heterocycles. The molecule has 0 atom stereocenters. The van der Waals surface area contributed by atoms with Crippen molar-refractivity contribution in [3.63, 3.8) is 0 Å². The minimum atomic E-state index is -0.970. The van der Waals surface area contributed by atoms with Gasteiger partial charge in [-0.05, 0) is 19.3 Å². The third kappa shape index (κ3) is 3.72. The summed E-state index contributed by atoms with van der Waals surface area (Å²) in [4.78, 5) is 25.6. The van der Waals surface area contributed by atoms with Crippen molar-refractivity contribution in [1.82, 2.24) is 9.80 Å². The molecule has 0 radical (unpaired) electrons. The summed E-state index contributed by atoms with van der Waals surface area (Å²) >= 11 is 0. The molecule has 0 aromatic heterocycles. The molecule has 5 heteroatoms. The van der Waals surface area contributed by atoms with Crippen LogP contribution in [0.3, 0.4) is 0 Å². The molecule has 1 rings (SSSR count). The molecular weight excluding hydrogens is 208 g/mol. The van der Waals surface area contributed by atoms with Crippen molar-refractivity contribution >= 4 is 12.0 Å². The summed E-state index contributed by atoms with van der Waals surface area (Å²) in [5, 5.41) is 8.63. The van der Waals surface area contributed by atoms with Crippen molar-refractivity contribution in [1.29, 1.82) is 0 Å². The average Bonchev–Trinajstić information content (AvgIpc) is 3.01. The maximum absolute atomic E-state index is 12.0. The van der Waals surface area contributed by atoms with Gasteiger partial charge in [0.1, 0.15) is 6.54 Å². The molecule has 0 bridgehead atoms. The van der Waals surface area contributed by atoms with Crippen LogP contribution in [-0.4, -0.2) is 53.1 Å². The topological polar surface area (TPSA) is 60.9 Å². The second-order valence-electron chi connectivity index (χ2n) is 4.31. The van der Waals surface area contributed by atoms with Crippen LogP contribution in [0.1, 0.15) is 32.6 Å². The molecule has 0 unspecified atom stereocenters. The Labute approximate surface area is 96.0 Å². The summed E-state index contributed by atoms with van der Waals surface area (Å²) in [6.45, 7) is 2.59. The summed E-state index contributed by atoms with van der Waals surface area (Å²) < 4.78 is 0. The fourth-order valence-corrected chi connectivity index (χ4v) is 1.64. The smallest absolute Gasteiger partial charge is 0.323 e. The number of rotatable bonds is 6. The van der Waals surface area contributed by atoms with Crippen LogP contribution in [0.2, 0.25) is 0 Å². The summed E-state index contributed by atoms with van der Waals surface area (Å²) in [7, 11) is 1.54. The van der Waals surface area contributed by atoms with E-state index in [0.29, 0.717) is 6.04 Å². The molecule has 1 aliphatic carbocycles. The second-order valence-corrected chi connectivity index (χ2v) is 4.31. The molecule has 0 spiro atoms. The number of carboxylic acid groups (broad SMARTS) is 1. The zero-order chi connectivity index (χ0) is 12.1. The largest absolute Gasteiger partial charge is 0.480 e. The van der Waals surface area contributed by atoms with E-state index in [1.165, 1.54) is 11.9 Å². The van der Waals surface area contributed by atoms with E-state index in [1.807, 2.05) is 4.90 Å². The van der Waals surface area contributed by atoms with Gasteiger partial charge < -0.3 is 14.9 Å². The summed E-state index contributed by atoms with van der Waals surface area (Å²) in [6.07, 6.45) is 4.12. The number of carbonyl (C=O) groups is 2. The Hall–Kier alpha value is -1.26. The predicted molar refractivity (Wildman–Crippen MR) is 60.3 cm³/mol. The van der Waals surface area contributed by atoms with E-state index in [9.17, 15) is 9.59 Å². The monoisotopic (exact) mass is 228 g/mol. The first kappa shape index (κ1) is 12.8. The Balaban J connectivity index is 2.48. The van der Waals surface area contributed by atoms with E-state index in [2.05, 4.69) is 6.92 Å². The molecule has 1 aliphatic rings. The SMILES string of the molecule is CCCCN(C(=O)N(C)CC(=O)O)C1CC1. The number of likely N-dealkylation sites (N-methyl/N-ethyl adjacent to an activating group) is 1. The van der Waals surface area contributed by atoms with Gasteiger partial charge in [-0.1, -0.05) is 13.3 Å². The van der Waals surface area contributed by atoms with Crippen LogP contribution in [0.25, 0.3) is 0 Å². The van der Waals surface area contributed by atoms with Gasteiger partial charge in [0.05, 0.1) is 0 Å². The maximum atomic E-state index is 12.0. The van der Waals surface area contributed by atoms with Gasteiger partial charge in [-0.25, -0.2) is 4.79 Å². The highest BCUT2D eigenvalue weighted by Crippen LogP contribution is 2.27. The standard InChI is InChI=1S/C11H20N2O3/c1-3-4-7-13(9-5-6-9)11(16)12(2)8-10(14)15/h9H,3-8H2,1-2H3,(H,14,15). The van der Waals surface area contributed by atoms with E-state index in [1.54, 1.807) is 0 Å². The predicted octanol–water partition coefficient (Wildman–Crippen LogP) is 1.39. The lowest BCUT2D eigenvalue weighted by Crippen LogP contribution is -2.44. The average molecular weight is 228 g/mol. The van der Waals surface area contributed by atoms with Gasteiger partial charge in [0, 0.05) is 19.6 Å². The van der Waals surface area contributed by atoms with Gasteiger partial charge in [-0.15, -0.1) is 0 Å². The van der Waals surface area contributed by atoms with Crippen LogP contribution >= 0.6 is 0 Å². The lowest BCUT2D eigenvalue weighted by molar-refractivity contribution is -0.137. The Morgan fingerprint density at radius 2 is 2.00 bits per heavy atom. The number of hydrogen-bond donors (Lipinski definition) is 1. The van der Waals surface area contributed by atoms with E-state index in [-0.39, 0.29) is 12.6 Å². The van der Waals surface area contributed by atoms with Gasteiger partial charge in [-0.2, -0.15) is 0 Å². The van der Waals surface area contributed by atoms with Crippen molar-refractivity contribution in [2.75, 3.05) is 20.1 Å². The first-order valence-electron chi connectivity index (χ1n) is 5.79. The number of unbranched alkanes of at least 4 members (excludes halogenated alkanes) is 1. The number of carbonyl (C=O) groups excluding carboxylic acids is 1. The van der Waals surface area contributed by atoms with Crippen LogP contribution in [0.5, 0.6) is 0 Å². The maximum Gasteiger partial charge on any atom is 0.323 e. The Morgan fingerprint density at radius 1 is 1.38 bits per heavy atom. The molecule has 0 aromatic carbocycles. The van der Waals surface area contributed by atoms with Crippen LogP contribution < -0.4 is 0 Å². The van der Waals surface area contributed by atoms with Crippen molar-refractivity contribution in [3.8, 4) is 0 Å². The third-order valence-corrected chi connectivity index (χ3v) is 2.68. The van der Waals surface area contributed by atoms with Crippen molar-refractivity contribution in [2.45, 2.75) is 38.6 Å². The number of carboxylic acids is 1. The van der Waals surface area contributed by atoms with Crippen molar-refractivity contribution < 1.29 is 14.7 Å². The van der Waals surface area contributed by atoms with Crippen molar-refractivity contribution in [3.05, 3.63) is 0 Å². The Morgan fingerprint density at radius 3 is 2.44 bits per heavy atom. The van der Waals surface area contributed by atoms with E-state index in [4.69, 9.17) is 5.11 Å². The molecule has 2 amide bonds. The van der Waals surface area contributed by atoms with Gasteiger partial charge >= 0.3 is 12.0 Å². The number of aliphatic carboxylic acids is 1. The minimum absolute atomic E-state index is 0.154. The first-order valence-corrected chi connectivity index (χ1v) is 5.79. The molecule has 1 N–H and O–H groups in total. The number of nitrogens with zero attached hydrogens (tertiary/aromatic N) is 2. The summed E-state index contributed by atoms with van der Waals surface area (Å²) in [5.41, 5.74) is 0. The van der Waals surface area contributed by atoms with Crippen LogP contribution in [0.15, 0.2) is 0 Å². The third-order valence-electron chi connectivity index (χ3n) is 2.68. The summed E-state index contributed by atoms with van der Waals surface area (Å²) in [5.74, 6) is -0.970. The number of urea groups is 1. The number of amides is 2. The molecule has 0 aromatic rings. The highest BCUT2D eigenvalue weighted by atomic mass is 16.4. The first-order chi connectivity index (χ1) is 7.56. The molecule has 5 nitrogen and oxygen atoms in total. The van der Waals surface area contributed by atoms with E-state index < -0.39 is 5.97 Å². The molecule has 0 saturated heterocycles. The Bertz CT molecular complexity index is 264. The second kappa shape index (κ2) is 5.72.